The molecule has 0 aliphatic heterocycles. The number of tetrazole rings is 1. The summed E-state index contributed by atoms with van der Waals surface area (Å²) in [5, 5.41) is 10.0. The first-order chi connectivity index (χ1) is 6.77. The largest absolute Gasteiger partial charge is 0.250 e. The Bertz CT molecular complexity index is 468. The smallest absolute Gasteiger partial charge is 0.238 e. The highest BCUT2D eigenvalue weighted by molar-refractivity contribution is 7.71. The van der Waals surface area contributed by atoms with E-state index in [1.165, 1.54) is 4.88 Å². The molecule has 0 bridgehead atoms. The summed E-state index contributed by atoms with van der Waals surface area (Å²) in [5.74, 6) is 0. The molecule has 7 heteroatoms. The maximum absolute atomic E-state index is 4.96. The fourth-order valence-corrected chi connectivity index (χ4v) is 2.08. The van der Waals surface area contributed by atoms with Crippen molar-refractivity contribution < 1.29 is 0 Å². The van der Waals surface area contributed by atoms with Crippen LogP contribution in [0.15, 0.2) is 5.51 Å². The lowest BCUT2D eigenvalue weighted by atomic mass is 10.3. The summed E-state index contributed by atoms with van der Waals surface area (Å²) in [6.45, 7) is 2.78. The van der Waals surface area contributed by atoms with Crippen LogP contribution in [0.2, 0.25) is 0 Å². The van der Waals surface area contributed by atoms with E-state index in [2.05, 4.69) is 20.5 Å². The van der Waals surface area contributed by atoms with Gasteiger partial charge in [0.05, 0.1) is 11.2 Å². The standard InChI is InChI=1S/C7H9N5S2/c1-5-6(14-4-8-5)2-3-12-7(13)9-10-11-12/h4H,2-3H2,1H3,(H,9,11,13). The Morgan fingerprint density at radius 1 is 1.64 bits per heavy atom. The fourth-order valence-electron chi connectivity index (χ4n) is 1.14. The summed E-state index contributed by atoms with van der Waals surface area (Å²) in [5.41, 5.74) is 2.95. The van der Waals surface area contributed by atoms with Crippen LogP contribution in [-0.2, 0) is 13.0 Å². The number of aromatic amines is 1. The number of H-pyrrole nitrogens is 1. The Kier molecular flexibility index (Phi) is 2.69. The maximum atomic E-state index is 4.96. The number of hydrogen-bond acceptors (Lipinski definition) is 5. The molecule has 5 nitrogen and oxygen atoms in total. The highest BCUT2D eigenvalue weighted by Crippen LogP contribution is 2.13. The van der Waals surface area contributed by atoms with Gasteiger partial charge in [-0.2, -0.15) is 5.21 Å². The van der Waals surface area contributed by atoms with Crippen LogP contribution in [0.5, 0.6) is 0 Å². The lowest BCUT2D eigenvalue weighted by molar-refractivity contribution is 0.585. The Morgan fingerprint density at radius 3 is 3.07 bits per heavy atom. The number of nitrogens with zero attached hydrogens (tertiary/aromatic N) is 4. The molecule has 0 spiro atoms. The van der Waals surface area contributed by atoms with E-state index in [9.17, 15) is 0 Å². The first-order valence-corrected chi connectivity index (χ1v) is 5.43. The molecule has 2 heterocycles. The molecule has 2 rings (SSSR count). The molecular formula is C7H9N5S2. The van der Waals surface area contributed by atoms with Crippen molar-refractivity contribution in [2.24, 2.45) is 0 Å². The van der Waals surface area contributed by atoms with Gasteiger partial charge in [0, 0.05) is 17.8 Å². The monoisotopic (exact) mass is 227 g/mol. The molecule has 1 N–H and O–H groups in total. The molecule has 0 aromatic carbocycles. The zero-order chi connectivity index (χ0) is 9.97. The quantitative estimate of drug-likeness (QED) is 0.804. The van der Waals surface area contributed by atoms with Gasteiger partial charge < -0.3 is 0 Å². The Morgan fingerprint density at radius 2 is 2.50 bits per heavy atom. The van der Waals surface area contributed by atoms with Gasteiger partial charge in [-0.25, -0.2) is 9.67 Å². The molecule has 0 atom stereocenters. The van der Waals surface area contributed by atoms with Crippen LogP contribution in [0.1, 0.15) is 10.6 Å². The number of nitrogens with one attached hydrogen (secondary N) is 1. The molecule has 0 amide bonds. The molecule has 74 valence electrons. The third-order valence-electron chi connectivity index (χ3n) is 1.94. The van der Waals surface area contributed by atoms with Crippen molar-refractivity contribution >= 4 is 23.6 Å². The summed E-state index contributed by atoms with van der Waals surface area (Å²) in [7, 11) is 0. The summed E-state index contributed by atoms with van der Waals surface area (Å²) < 4.78 is 2.24. The van der Waals surface area contributed by atoms with Gasteiger partial charge in [0.25, 0.3) is 0 Å². The van der Waals surface area contributed by atoms with Crippen LogP contribution in [0, 0.1) is 11.7 Å². The molecule has 2 aromatic heterocycles. The second-order valence-corrected chi connectivity index (χ2v) is 4.15. The van der Waals surface area contributed by atoms with E-state index in [4.69, 9.17) is 12.2 Å². The van der Waals surface area contributed by atoms with Crippen molar-refractivity contribution in [1.29, 1.82) is 0 Å². The molecule has 0 aliphatic rings. The lowest BCUT2D eigenvalue weighted by Crippen LogP contribution is -2.03. The third-order valence-corrected chi connectivity index (χ3v) is 3.24. The van der Waals surface area contributed by atoms with Gasteiger partial charge in [0.1, 0.15) is 0 Å². The summed E-state index contributed by atoms with van der Waals surface area (Å²) in [4.78, 5) is 5.46. The molecule has 0 saturated heterocycles. The Hall–Kier alpha value is -1.08. The number of hydrogen-bond donors (Lipinski definition) is 1. The van der Waals surface area contributed by atoms with Gasteiger partial charge in [-0.05, 0) is 19.1 Å². The molecular weight excluding hydrogens is 218 g/mol. The van der Waals surface area contributed by atoms with Gasteiger partial charge in [0.2, 0.25) is 4.77 Å². The highest BCUT2D eigenvalue weighted by Gasteiger charge is 2.02. The Balaban J connectivity index is 2.05. The molecule has 0 radical (unpaired) electrons. The predicted molar refractivity (Wildman–Crippen MR) is 55.8 cm³/mol. The maximum Gasteiger partial charge on any atom is 0.238 e. The molecule has 0 fully saturated rings. The van der Waals surface area contributed by atoms with E-state index >= 15 is 0 Å². The van der Waals surface area contributed by atoms with E-state index in [0.29, 0.717) is 4.77 Å². The first kappa shape index (κ1) is 9.47. The minimum absolute atomic E-state index is 0.493. The third kappa shape index (κ3) is 1.88. The van der Waals surface area contributed by atoms with E-state index in [0.717, 1.165) is 18.7 Å². The van der Waals surface area contributed by atoms with Gasteiger partial charge in [-0.3, -0.25) is 0 Å². The molecule has 14 heavy (non-hydrogen) atoms. The van der Waals surface area contributed by atoms with Crippen molar-refractivity contribution in [1.82, 2.24) is 25.2 Å². The minimum Gasteiger partial charge on any atom is -0.250 e. The van der Waals surface area contributed by atoms with E-state index < -0.39 is 0 Å². The van der Waals surface area contributed by atoms with Gasteiger partial charge in [-0.1, -0.05) is 10.3 Å². The zero-order valence-electron chi connectivity index (χ0n) is 7.60. The summed E-state index contributed by atoms with van der Waals surface area (Å²) in [6, 6.07) is 0. The fraction of sp³-hybridized carbons (Fsp3) is 0.429. The first-order valence-electron chi connectivity index (χ1n) is 4.14. The summed E-state index contributed by atoms with van der Waals surface area (Å²) in [6.07, 6.45) is 0.911. The van der Waals surface area contributed by atoms with Crippen LogP contribution < -0.4 is 0 Å². The van der Waals surface area contributed by atoms with Crippen molar-refractivity contribution in [3.8, 4) is 0 Å². The van der Waals surface area contributed by atoms with Gasteiger partial charge in [0.15, 0.2) is 0 Å². The number of thiazole rings is 1. The number of aromatic nitrogens is 5. The molecule has 2 aromatic rings. The van der Waals surface area contributed by atoms with Crippen molar-refractivity contribution in [3.05, 3.63) is 20.9 Å². The molecule has 0 aliphatic carbocycles. The minimum atomic E-state index is 0.493. The zero-order valence-corrected chi connectivity index (χ0v) is 9.23. The molecule has 0 unspecified atom stereocenters. The highest BCUT2D eigenvalue weighted by atomic mass is 32.1. The van der Waals surface area contributed by atoms with Crippen LogP contribution in [-0.4, -0.2) is 25.2 Å². The van der Waals surface area contributed by atoms with Crippen LogP contribution in [0.25, 0.3) is 0 Å². The van der Waals surface area contributed by atoms with E-state index in [1.807, 2.05) is 12.4 Å². The summed E-state index contributed by atoms with van der Waals surface area (Å²) >= 11 is 6.62. The van der Waals surface area contributed by atoms with E-state index in [-0.39, 0.29) is 0 Å². The predicted octanol–water partition coefficient (Wildman–Crippen LogP) is 1.34. The van der Waals surface area contributed by atoms with Crippen molar-refractivity contribution in [2.75, 3.05) is 0 Å². The molecule has 0 saturated carbocycles. The van der Waals surface area contributed by atoms with Crippen molar-refractivity contribution in [3.63, 3.8) is 0 Å². The van der Waals surface area contributed by atoms with E-state index in [1.54, 1.807) is 16.0 Å². The van der Waals surface area contributed by atoms with Crippen LogP contribution in [0.4, 0.5) is 0 Å². The Labute approximate surface area is 89.8 Å². The lowest BCUT2D eigenvalue weighted by Gasteiger charge is -1.98. The number of aryl methyl sites for hydroxylation is 3. The average Bonchev–Trinajstić information content (AvgIpc) is 2.72. The van der Waals surface area contributed by atoms with Gasteiger partial charge in [-0.15, -0.1) is 11.3 Å². The van der Waals surface area contributed by atoms with Crippen LogP contribution >= 0.6 is 23.6 Å². The second kappa shape index (κ2) is 3.97. The number of rotatable bonds is 3. The average molecular weight is 227 g/mol. The SMILES string of the molecule is Cc1ncsc1CCn1[nH]nnc1=S. The topological polar surface area (TPSA) is 59.4 Å². The normalized spacial score (nSPS) is 10.6. The van der Waals surface area contributed by atoms with Gasteiger partial charge >= 0.3 is 0 Å². The van der Waals surface area contributed by atoms with Crippen molar-refractivity contribution in [2.45, 2.75) is 19.9 Å². The van der Waals surface area contributed by atoms with Crippen LogP contribution in [0.3, 0.4) is 0 Å². The second-order valence-electron chi connectivity index (χ2n) is 2.85.